The first kappa shape index (κ1) is 15.4. The Morgan fingerprint density at radius 3 is 2.61 bits per heavy atom. The molecule has 0 unspecified atom stereocenters. The first-order valence-corrected chi connectivity index (χ1v) is 7.31. The maximum atomic E-state index is 11.6. The highest BCUT2D eigenvalue weighted by Gasteiger charge is 2.35. The molecule has 1 aliphatic rings. The van der Waals surface area contributed by atoms with Gasteiger partial charge in [-0.15, -0.1) is 0 Å². The summed E-state index contributed by atoms with van der Waals surface area (Å²) < 4.78 is 0. The number of carbonyl (C=O) groups excluding carboxylic acids is 1. The second-order valence-electron chi connectivity index (χ2n) is 5.95. The number of amides is 1. The molecule has 0 radical (unpaired) electrons. The Hall–Kier alpha value is -0.610. The minimum absolute atomic E-state index is 0.00958. The quantitative estimate of drug-likeness (QED) is 0.518. The van der Waals surface area contributed by atoms with E-state index in [0.29, 0.717) is 12.0 Å². The number of nitrogens with one attached hydrogen (secondary N) is 1. The lowest BCUT2D eigenvalue weighted by atomic mass is 10.0. The molecule has 0 aliphatic heterocycles. The summed E-state index contributed by atoms with van der Waals surface area (Å²) in [4.78, 5) is 11.6. The van der Waals surface area contributed by atoms with Gasteiger partial charge in [0.1, 0.15) is 0 Å². The lowest BCUT2D eigenvalue weighted by molar-refractivity contribution is -0.122. The molecule has 18 heavy (non-hydrogen) atoms. The maximum absolute atomic E-state index is 11.6. The molecular weight excluding hydrogens is 226 g/mol. The lowest BCUT2D eigenvalue weighted by Crippen LogP contribution is -2.40. The van der Waals surface area contributed by atoms with Crippen LogP contribution in [-0.2, 0) is 4.79 Å². The largest absolute Gasteiger partial charge is 0.355 e. The van der Waals surface area contributed by atoms with Crippen LogP contribution in [0.4, 0.5) is 0 Å². The predicted molar refractivity (Wildman–Crippen MR) is 75.1 cm³/mol. The second kappa shape index (κ2) is 7.74. The minimum atomic E-state index is -0.363. The molecule has 0 aromatic heterocycles. The smallest absolute Gasteiger partial charge is 0.236 e. The Bertz CT molecular complexity index is 251. The Kier molecular flexibility index (Phi) is 6.65. The van der Waals surface area contributed by atoms with Crippen molar-refractivity contribution < 1.29 is 4.79 Å². The fourth-order valence-corrected chi connectivity index (χ4v) is 2.12. The van der Waals surface area contributed by atoms with E-state index in [2.05, 4.69) is 12.2 Å². The van der Waals surface area contributed by atoms with E-state index in [1.807, 2.05) is 0 Å². The molecule has 0 heterocycles. The molecule has 0 aromatic rings. The highest BCUT2D eigenvalue weighted by atomic mass is 16.2. The maximum Gasteiger partial charge on any atom is 0.236 e. The molecule has 1 saturated carbocycles. The average Bonchev–Trinajstić information content (AvgIpc) is 3.07. The number of nitrogens with two attached hydrogens (primary N) is 2. The van der Waals surface area contributed by atoms with E-state index in [0.717, 1.165) is 32.2 Å². The normalized spacial score (nSPS) is 18.4. The van der Waals surface area contributed by atoms with Gasteiger partial charge in [-0.2, -0.15) is 0 Å². The van der Waals surface area contributed by atoms with Crippen LogP contribution in [0.25, 0.3) is 0 Å². The molecule has 4 heteroatoms. The second-order valence-corrected chi connectivity index (χ2v) is 5.95. The summed E-state index contributed by atoms with van der Waals surface area (Å²) in [5.74, 6) is -0.00958. The number of carbonyl (C=O) groups is 1. The zero-order chi connectivity index (χ0) is 13.4. The molecule has 0 saturated heterocycles. The summed E-state index contributed by atoms with van der Waals surface area (Å²) in [5, 5.41) is 2.92. The van der Waals surface area contributed by atoms with Crippen LogP contribution in [0.5, 0.6) is 0 Å². The molecule has 1 aliphatic carbocycles. The standard InChI is InChI=1S/C14H29N3O/c1-14(8-9-14)7-3-5-11-17-13(18)12(16)6-2-4-10-15/h12H,2-11,15-16H2,1H3,(H,17,18)/t12-/m1/s1. The van der Waals surface area contributed by atoms with Gasteiger partial charge in [-0.05, 0) is 50.5 Å². The van der Waals surface area contributed by atoms with Crippen LogP contribution < -0.4 is 16.8 Å². The summed E-state index contributed by atoms with van der Waals surface area (Å²) in [5.41, 5.74) is 11.8. The van der Waals surface area contributed by atoms with Crippen molar-refractivity contribution in [1.82, 2.24) is 5.32 Å². The van der Waals surface area contributed by atoms with Gasteiger partial charge >= 0.3 is 0 Å². The molecule has 1 rings (SSSR count). The number of hydrogen-bond acceptors (Lipinski definition) is 3. The van der Waals surface area contributed by atoms with Crippen molar-refractivity contribution in [3.8, 4) is 0 Å². The number of unbranched alkanes of at least 4 members (excludes halogenated alkanes) is 2. The average molecular weight is 255 g/mol. The van der Waals surface area contributed by atoms with E-state index in [1.165, 1.54) is 25.7 Å². The van der Waals surface area contributed by atoms with Crippen LogP contribution in [0.3, 0.4) is 0 Å². The van der Waals surface area contributed by atoms with Crippen LogP contribution in [0.2, 0.25) is 0 Å². The van der Waals surface area contributed by atoms with Crippen LogP contribution in [0, 0.1) is 5.41 Å². The molecule has 106 valence electrons. The van der Waals surface area contributed by atoms with Crippen molar-refractivity contribution in [2.24, 2.45) is 16.9 Å². The summed E-state index contributed by atoms with van der Waals surface area (Å²) in [6.07, 6.45) is 8.95. The van der Waals surface area contributed by atoms with Gasteiger partial charge in [0.25, 0.3) is 0 Å². The van der Waals surface area contributed by atoms with Crippen LogP contribution >= 0.6 is 0 Å². The van der Waals surface area contributed by atoms with Crippen molar-refractivity contribution in [2.45, 2.75) is 64.3 Å². The molecule has 0 spiro atoms. The molecule has 0 aromatic carbocycles. The fourth-order valence-electron chi connectivity index (χ4n) is 2.12. The topological polar surface area (TPSA) is 81.1 Å². The van der Waals surface area contributed by atoms with Gasteiger partial charge in [0.05, 0.1) is 6.04 Å². The van der Waals surface area contributed by atoms with Gasteiger partial charge in [0, 0.05) is 6.54 Å². The molecule has 1 atom stereocenters. The van der Waals surface area contributed by atoms with Gasteiger partial charge in [-0.25, -0.2) is 0 Å². The minimum Gasteiger partial charge on any atom is -0.355 e. The first-order chi connectivity index (χ1) is 8.57. The SMILES string of the molecule is CC1(CCCCNC(=O)[C@H](N)CCCCN)CC1. The van der Waals surface area contributed by atoms with Crippen molar-refractivity contribution in [3.63, 3.8) is 0 Å². The van der Waals surface area contributed by atoms with E-state index in [1.54, 1.807) is 0 Å². The zero-order valence-electron chi connectivity index (χ0n) is 11.7. The molecule has 1 amide bonds. The zero-order valence-corrected chi connectivity index (χ0v) is 11.7. The Morgan fingerprint density at radius 2 is 2.00 bits per heavy atom. The van der Waals surface area contributed by atoms with Crippen molar-refractivity contribution >= 4 is 5.91 Å². The van der Waals surface area contributed by atoms with E-state index < -0.39 is 0 Å². The molecule has 0 bridgehead atoms. The molecular formula is C14H29N3O. The van der Waals surface area contributed by atoms with Gasteiger partial charge < -0.3 is 16.8 Å². The van der Waals surface area contributed by atoms with Gasteiger partial charge in [-0.3, -0.25) is 4.79 Å². The molecule has 4 nitrogen and oxygen atoms in total. The van der Waals surface area contributed by atoms with Crippen molar-refractivity contribution in [3.05, 3.63) is 0 Å². The summed E-state index contributed by atoms with van der Waals surface area (Å²) in [7, 11) is 0. The summed E-state index contributed by atoms with van der Waals surface area (Å²) in [6, 6.07) is -0.363. The van der Waals surface area contributed by atoms with Crippen molar-refractivity contribution in [2.75, 3.05) is 13.1 Å². The monoisotopic (exact) mass is 255 g/mol. The van der Waals surface area contributed by atoms with Gasteiger partial charge in [0.2, 0.25) is 5.91 Å². The first-order valence-electron chi connectivity index (χ1n) is 7.31. The Morgan fingerprint density at radius 1 is 1.28 bits per heavy atom. The Labute approximate surface area is 111 Å². The molecule has 1 fully saturated rings. The van der Waals surface area contributed by atoms with E-state index in [4.69, 9.17) is 11.5 Å². The van der Waals surface area contributed by atoms with E-state index >= 15 is 0 Å². The van der Waals surface area contributed by atoms with Gasteiger partial charge in [0.15, 0.2) is 0 Å². The van der Waals surface area contributed by atoms with E-state index in [9.17, 15) is 4.79 Å². The summed E-state index contributed by atoms with van der Waals surface area (Å²) in [6.45, 7) is 3.78. The number of rotatable bonds is 10. The molecule has 5 N–H and O–H groups in total. The Balaban J connectivity index is 1.94. The fraction of sp³-hybridized carbons (Fsp3) is 0.929. The van der Waals surface area contributed by atoms with Crippen molar-refractivity contribution in [1.29, 1.82) is 0 Å². The van der Waals surface area contributed by atoms with E-state index in [-0.39, 0.29) is 11.9 Å². The lowest BCUT2D eigenvalue weighted by Gasteiger charge is -2.12. The number of hydrogen-bond donors (Lipinski definition) is 3. The highest BCUT2D eigenvalue weighted by molar-refractivity contribution is 5.81. The van der Waals surface area contributed by atoms with Crippen LogP contribution in [0.1, 0.15) is 58.3 Å². The van der Waals surface area contributed by atoms with Gasteiger partial charge in [-0.1, -0.05) is 19.8 Å². The van der Waals surface area contributed by atoms with Crippen LogP contribution in [-0.4, -0.2) is 25.0 Å². The van der Waals surface area contributed by atoms with Crippen LogP contribution in [0.15, 0.2) is 0 Å². The third kappa shape index (κ3) is 6.36. The summed E-state index contributed by atoms with van der Waals surface area (Å²) >= 11 is 0. The third-order valence-electron chi connectivity index (χ3n) is 3.92. The third-order valence-corrected chi connectivity index (χ3v) is 3.92. The highest BCUT2D eigenvalue weighted by Crippen LogP contribution is 2.48. The predicted octanol–water partition coefficient (Wildman–Crippen LogP) is 1.53.